The number of nitrogens with one attached hydrogen (secondary N) is 2. The van der Waals surface area contributed by atoms with E-state index in [0.29, 0.717) is 12.1 Å². The first-order chi connectivity index (χ1) is 15.5. The minimum Gasteiger partial charge on any atom is -0.354 e. The van der Waals surface area contributed by atoms with Gasteiger partial charge in [0, 0.05) is 54.6 Å². The summed E-state index contributed by atoms with van der Waals surface area (Å²) >= 11 is 3.54. The first kappa shape index (κ1) is 22.8. The molecule has 1 amide bonds. The van der Waals surface area contributed by atoms with E-state index in [1.807, 2.05) is 24.3 Å². The molecule has 0 aliphatic carbocycles. The van der Waals surface area contributed by atoms with E-state index in [1.165, 1.54) is 5.56 Å². The number of benzene rings is 2. The molecule has 0 spiro atoms. The van der Waals surface area contributed by atoms with Crippen molar-refractivity contribution in [1.29, 1.82) is 0 Å². The Bertz CT molecular complexity index is 1090. The molecule has 0 atom stereocenters. The minimum absolute atomic E-state index is 0.0336. The highest BCUT2D eigenvalue weighted by Gasteiger charge is 2.18. The summed E-state index contributed by atoms with van der Waals surface area (Å²) in [6, 6.07) is 14.5. The lowest BCUT2D eigenvalue weighted by atomic mass is 10.1. The zero-order valence-corrected chi connectivity index (χ0v) is 20.4. The lowest BCUT2D eigenvalue weighted by Crippen LogP contribution is -2.46. The molecule has 3 aromatic rings. The SMILES string of the molecule is CCc1ccc(/C=C/c2[nH]c3cc(Br)ccc3c2C(=O)NCCN2CCN(C)CC2)cc1. The van der Waals surface area contributed by atoms with Crippen molar-refractivity contribution in [2.75, 3.05) is 46.3 Å². The molecule has 2 N–H and O–H groups in total. The van der Waals surface area contributed by atoms with Gasteiger partial charge in [-0.1, -0.05) is 59.3 Å². The molecule has 1 aromatic heterocycles. The second-order valence-corrected chi connectivity index (χ2v) is 9.35. The molecular weight excluding hydrogens is 464 g/mol. The number of halogens is 1. The maximum Gasteiger partial charge on any atom is 0.254 e. The van der Waals surface area contributed by atoms with Crippen molar-refractivity contribution < 1.29 is 4.79 Å². The smallest absolute Gasteiger partial charge is 0.254 e. The molecule has 1 aliphatic heterocycles. The number of H-pyrrole nitrogens is 1. The normalized spacial score (nSPS) is 15.6. The Morgan fingerprint density at radius 2 is 1.84 bits per heavy atom. The van der Waals surface area contributed by atoms with E-state index in [9.17, 15) is 4.79 Å². The van der Waals surface area contributed by atoms with Gasteiger partial charge in [-0.15, -0.1) is 0 Å². The van der Waals surface area contributed by atoms with Gasteiger partial charge in [0.1, 0.15) is 0 Å². The Hall–Kier alpha value is -2.41. The second-order valence-electron chi connectivity index (χ2n) is 8.43. The third-order valence-corrected chi connectivity index (χ3v) is 6.65. The van der Waals surface area contributed by atoms with Crippen LogP contribution in [0.5, 0.6) is 0 Å². The summed E-state index contributed by atoms with van der Waals surface area (Å²) in [7, 11) is 2.15. The summed E-state index contributed by atoms with van der Waals surface area (Å²) in [6.07, 6.45) is 5.09. The van der Waals surface area contributed by atoms with Crippen molar-refractivity contribution in [2.45, 2.75) is 13.3 Å². The van der Waals surface area contributed by atoms with Crippen molar-refractivity contribution in [1.82, 2.24) is 20.1 Å². The fraction of sp³-hybridized carbons (Fsp3) is 0.346. The Balaban J connectivity index is 1.52. The Kier molecular flexibility index (Phi) is 7.45. The van der Waals surface area contributed by atoms with Crippen LogP contribution in [0.2, 0.25) is 0 Å². The van der Waals surface area contributed by atoms with Gasteiger partial charge >= 0.3 is 0 Å². The molecule has 4 rings (SSSR count). The molecule has 1 fully saturated rings. The van der Waals surface area contributed by atoms with Crippen molar-refractivity contribution in [2.24, 2.45) is 0 Å². The number of fused-ring (bicyclic) bond motifs is 1. The second kappa shape index (κ2) is 10.5. The first-order valence-corrected chi connectivity index (χ1v) is 12.1. The van der Waals surface area contributed by atoms with E-state index in [4.69, 9.17) is 0 Å². The summed E-state index contributed by atoms with van der Waals surface area (Å²) in [5.74, 6) is -0.0336. The highest BCUT2D eigenvalue weighted by atomic mass is 79.9. The lowest BCUT2D eigenvalue weighted by molar-refractivity contribution is 0.0942. The average Bonchev–Trinajstić information content (AvgIpc) is 3.16. The van der Waals surface area contributed by atoms with E-state index in [-0.39, 0.29) is 5.91 Å². The van der Waals surface area contributed by atoms with E-state index >= 15 is 0 Å². The number of aromatic amines is 1. The molecule has 2 heterocycles. The molecule has 1 saturated heterocycles. The van der Waals surface area contributed by atoms with Gasteiger partial charge in [0.25, 0.3) is 5.91 Å². The number of carbonyl (C=O) groups is 1. The first-order valence-electron chi connectivity index (χ1n) is 11.3. The quantitative estimate of drug-likeness (QED) is 0.502. The van der Waals surface area contributed by atoms with Gasteiger partial charge in [-0.25, -0.2) is 0 Å². The lowest BCUT2D eigenvalue weighted by Gasteiger charge is -2.32. The Morgan fingerprint density at radius 1 is 1.09 bits per heavy atom. The summed E-state index contributed by atoms with van der Waals surface area (Å²) < 4.78 is 0.985. The van der Waals surface area contributed by atoms with Crippen molar-refractivity contribution >= 4 is 44.9 Å². The molecule has 2 aromatic carbocycles. The zero-order valence-electron chi connectivity index (χ0n) is 18.8. The Labute approximate surface area is 198 Å². The van der Waals surface area contributed by atoms with Gasteiger partial charge in [0.15, 0.2) is 0 Å². The van der Waals surface area contributed by atoms with Crippen molar-refractivity contribution in [3.8, 4) is 0 Å². The molecule has 0 unspecified atom stereocenters. The summed E-state index contributed by atoms with van der Waals surface area (Å²) in [6.45, 7) is 7.95. The van der Waals surface area contributed by atoms with E-state index in [2.05, 4.69) is 80.3 Å². The number of rotatable bonds is 7. The van der Waals surface area contributed by atoms with Gasteiger partial charge in [0.2, 0.25) is 0 Å². The van der Waals surface area contributed by atoms with E-state index in [1.54, 1.807) is 0 Å². The standard InChI is InChI=1S/C26H31BrN4O/c1-3-19-4-6-20(7-5-19)8-11-23-25(22-10-9-21(27)18-24(22)29-23)26(32)28-12-13-31-16-14-30(2)15-17-31/h4-11,18,29H,3,12-17H2,1-2H3,(H,28,32)/b11-8+. The summed E-state index contributed by atoms with van der Waals surface area (Å²) in [5.41, 5.74) is 4.91. The molecule has 1 aliphatic rings. The molecule has 0 bridgehead atoms. The van der Waals surface area contributed by atoms with Crippen LogP contribution in [0, 0.1) is 0 Å². The maximum absolute atomic E-state index is 13.2. The van der Waals surface area contributed by atoms with E-state index in [0.717, 1.165) is 65.8 Å². The van der Waals surface area contributed by atoms with Gasteiger partial charge in [-0.3, -0.25) is 9.69 Å². The van der Waals surface area contributed by atoms with Crippen LogP contribution >= 0.6 is 15.9 Å². The molecule has 168 valence electrons. The average molecular weight is 495 g/mol. The number of nitrogens with zero attached hydrogens (tertiary/aromatic N) is 2. The number of carbonyl (C=O) groups excluding carboxylic acids is 1. The number of likely N-dealkylation sites (N-methyl/N-ethyl adjacent to an activating group) is 1. The van der Waals surface area contributed by atoms with Crippen LogP contribution in [0.3, 0.4) is 0 Å². The molecule has 6 heteroatoms. The fourth-order valence-electron chi connectivity index (χ4n) is 4.09. The predicted molar refractivity (Wildman–Crippen MR) is 137 cm³/mol. The largest absolute Gasteiger partial charge is 0.354 e. The number of hydrogen-bond donors (Lipinski definition) is 2. The van der Waals surface area contributed by atoms with Crippen LogP contribution in [0.4, 0.5) is 0 Å². The van der Waals surface area contributed by atoms with Crippen molar-refractivity contribution in [3.63, 3.8) is 0 Å². The number of amides is 1. The predicted octanol–water partition coefficient (Wildman–Crippen LogP) is 4.64. The number of hydrogen-bond acceptors (Lipinski definition) is 3. The number of piperazine rings is 1. The number of aromatic nitrogens is 1. The molecule has 0 saturated carbocycles. The molecular formula is C26H31BrN4O. The highest BCUT2D eigenvalue weighted by molar-refractivity contribution is 9.10. The van der Waals surface area contributed by atoms with Gasteiger partial charge in [-0.2, -0.15) is 0 Å². The van der Waals surface area contributed by atoms with Crippen LogP contribution in [0.15, 0.2) is 46.9 Å². The van der Waals surface area contributed by atoms with Crippen LogP contribution in [0.1, 0.15) is 34.1 Å². The van der Waals surface area contributed by atoms with Crippen LogP contribution in [-0.4, -0.2) is 67.0 Å². The minimum atomic E-state index is -0.0336. The third-order valence-electron chi connectivity index (χ3n) is 6.16. The topological polar surface area (TPSA) is 51.4 Å². The monoisotopic (exact) mass is 494 g/mol. The van der Waals surface area contributed by atoms with Gasteiger partial charge in [-0.05, 0) is 42.8 Å². The van der Waals surface area contributed by atoms with Crippen LogP contribution in [-0.2, 0) is 6.42 Å². The summed E-state index contributed by atoms with van der Waals surface area (Å²) in [4.78, 5) is 21.4. The molecule has 32 heavy (non-hydrogen) atoms. The third kappa shape index (κ3) is 5.49. The highest BCUT2D eigenvalue weighted by Crippen LogP contribution is 2.27. The fourth-order valence-corrected chi connectivity index (χ4v) is 4.45. The van der Waals surface area contributed by atoms with Gasteiger partial charge in [0.05, 0.1) is 11.3 Å². The zero-order chi connectivity index (χ0) is 22.5. The molecule has 0 radical (unpaired) electrons. The van der Waals surface area contributed by atoms with E-state index < -0.39 is 0 Å². The van der Waals surface area contributed by atoms with Crippen LogP contribution in [0.25, 0.3) is 23.1 Å². The molecule has 5 nitrogen and oxygen atoms in total. The van der Waals surface area contributed by atoms with Gasteiger partial charge < -0.3 is 15.2 Å². The maximum atomic E-state index is 13.2. The number of aryl methyl sites for hydroxylation is 1. The Morgan fingerprint density at radius 3 is 2.56 bits per heavy atom. The van der Waals surface area contributed by atoms with Crippen molar-refractivity contribution in [3.05, 3.63) is 69.3 Å². The summed E-state index contributed by atoms with van der Waals surface area (Å²) in [5, 5.41) is 4.08. The van der Waals surface area contributed by atoms with Crippen LogP contribution < -0.4 is 5.32 Å².